The van der Waals surface area contributed by atoms with Gasteiger partial charge in [-0.15, -0.1) is 0 Å². The average molecular weight is 434 g/mol. The number of aryl methyl sites for hydroxylation is 2. The predicted molar refractivity (Wildman–Crippen MR) is 119 cm³/mol. The number of ether oxygens (including phenoxy) is 2. The number of pyridine rings is 1. The number of benzene rings is 1. The van der Waals surface area contributed by atoms with Gasteiger partial charge in [0.15, 0.2) is 11.4 Å². The molecule has 0 atom stereocenters. The lowest BCUT2D eigenvalue weighted by molar-refractivity contribution is 0.0954. The van der Waals surface area contributed by atoms with Gasteiger partial charge in [-0.25, -0.2) is 4.98 Å². The van der Waals surface area contributed by atoms with Gasteiger partial charge in [0.1, 0.15) is 18.1 Å². The van der Waals surface area contributed by atoms with Gasteiger partial charge in [0.25, 0.3) is 5.91 Å². The highest BCUT2D eigenvalue weighted by molar-refractivity contribution is 5.94. The molecule has 0 saturated carbocycles. The zero-order valence-corrected chi connectivity index (χ0v) is 18.4. The first-order valence-corrected chi connectivity index (χ1v) is 10.6. The molecular weight excluding hydrogens is 408 g/mol. The number of amides is 1. The summed E-state index contributed by atoms with van der Waals surface area (Å²) in [7, 11) is 0. The van der Waals surface area contributed by atoms with E-state index in [4.69, 9.17) is 14.0 Å². The van der Waals surface area contributed by atoms with E-state index in [9.17, 15) is 4.79 Å². The van der Waals surface area contributed by atoms with Crippen LogP contribution in [0.3, 0.4) is 0 Å². The molecule has 3 aromatic heterocycles. The number of aromatic nitrogens is 3. The van der Waals surface area contributed by atoms with E-state index in [0.29, 0.717) is 37.5 Å². The lowest BCUT2D eigenvalue weighted by atomic mass is 10.2. The Hall–Kier alpha value is -3.81. The fourth-order valence-electron chi connectivity index (χ4n) is 3.40. The maximum atomic E-state index is 12.5. The van der Waals surface area contributed by atoms with Gasteiger partial charge in [0.2, 0.25) is 0 Å². The quantitative estimate of drug-likeness (QED) is 0.430. The van der Waals surface area contributed by atoms with E-state index < -0.39 is 0 Å². The molecule has 0 saturated heterocycles. The van der Waals surface area contributed by atoms with Crippen LogP contribution in [0.5, 0.6) is 11.5 Å². The molecule has 166 valence electrons. The molecule has 0 aliphatic carbocycles. The summed E-state index contributed by atoms with van der Waals surface area (Å²) in [5.74, 6) is 2.04. The van der Waals surface area contributed by atoms with Crippen molar-refractivity contribution in [1.82, 2.24) is 19.9 Å². The summed E-state index contributed by atoms with van der Waals surface area (Å²) >= 11 is 0. The Morgan fingerprint density at radius 3 is 2.69 bits per heavy atom. The minimum atomic E-state index is -0.138. The van der Waals surface area contributed by atoms with Crippen LogP contribution >= 0.6 is 0 Å². The number of rotatable bonds is 9. The first-order chi connectivity index (χ1) is 15.5. The number of nitrogens with zero attached hydrogens (tertiary/aromatic N) is 3. The Kier molecular flexibility index (Phi) is 6.39. The third-order valence-electron chi connectivity index (χ3n) is 5.14. The van der Waals surface area contributed by atoms with Crippen LogP contribution in [0.2, 0.25) is 0 Å². The highest BCUT2D eigenvalue weighted by atomic mass is 16.5. The zero-order chi connectivity index (χ0) is 22.5. The van der Waals surface area contributed by atoms with Gasteiger partial charge in [0.05, 0.1) is 23.6 Å². The molecule has 1 N–H and O–H groups in total. The molecule has 0 spiro atoms. The first kappa shape index (κ1) is 21.4. The van der Waals surface area contributed by atoms with E-state index in [-0.39, 0.29) is 5.91 Å². The molecule has 32 heavy (non-hydrogen) atoms. The van der Waals surface area contributed by atoms with Crippen molar-refractivity contribution in [3.63, 3.8) is 0 Å². The van der Waals surface area contributed by atoms with Crippen LogP contribution in [0.15, 0.2) is 53.3 Å². The molecular formula is C24H26N4O4. The molecule has 1 amide bonds. The largest absolute Gasteiger partial charge is 0.490 e. The number of imidazole rings is 1. The number of carbonyl (C=O) groups is 1. The Morgan fingerprint density at radius 2 is 1.97 bits per heavy atom. The van der Waals surface area contributed by atoms with Crippen molar-refractivity contribution in [2.75, 3.05) is 13.2 Å². The second-order valence-electron chi connectivity index (χ2n) is 7.39. The number of hydrogen-bond acceptors (Lipinski definition) is 6. The third-order valence-corrected chi connectivity index (χ3v) is 5.14. The van der Waals surface area contributed by atoms with Crippen LogP contribution in [0.25, 0.3) is 5.65 Å². The van der Waals surface area contributed by atoms with Crippen LogP contribution in [-0.4, -0.2) is 33.6 Å². The standard InChI is InChI=1S/C24H26N4O4/c1-4-30-22-6-5-13-28-14-19(26-23(22)28)11-12-25-24(29)18-7-9-20(10-8-18)31-15-21-16(2)27-32-17(21)3/h5-10,13-14H,4,11-12,15H2,1-3H3,(H,25,29). The van der Waals surface area contributed by atoms with E-state index >= 15 is 0 Å². The highest BCUT2D eigenvalue weighted by Crippen LogP contribution is 2.20. The normalized spacial score (nSPS) is 11.0. The maximum absolute atomic E-state index is 12.5. The molecule has 8 nitrogen and oxygen atoms in total. The van der Waals surface area contributed by atoms with E-state index in [1.807, 2.05) is 49.7 Å². The molecule has 4 rings (SSSR count). The van der Waals surface area contributed by atoms with Gasteiger partial charge < -0.3 is 23.7 Å². The van der Waals surface area contributed by atoms with Crippen LogP contribution in [0.1, 0.15) is 40.0 Å². The minimum Gasteiger partial charge on any atom is -0.490 e. The maximum Gasteiger partial charge on any atom is 0.251 e. The van der Waals surface area contributed by atoms with Crippen molar-refractivity contribution in [3.05, 3.63) is 77.1 Å². The van der Waals surface area contributed by atoms with Gasteiger partial charge in [-0.2, -0.15) is 0 Å². The Morgan fingerprint density at radius 1 is 1.16 bits per heavy atom. The Bertz CT molecular complexity index is 1190. The number of hydrogen-bond donors (Lipinski definition) is 1. The van der Waals surface area contributed by atoms with E-state index in [0.717, 1.165) is 34.1 Å². The third kappa shape index (κ3) is 4.74. The van der Waals surface area contributed by atoms with Gasteiger partial charge in [-0.05, 0) is 57.2 Å². The minimum absolute atomic E-state index is 0.138. The molecule has 1 aromatic carbocycles. The fourth-order valence-corrected chi connectivity index (χ4v) is 3.40. The summed E-state index contributed by atoms with van der Waals surface area (Å²) in [6.45, 7) is 7.12. The lowest BCUT2D eigenvalue weighted by Crippen LogP contribution is -2.25. The topological polar surface area (TPSA) is 90.9 Å². The number of fused-ring (bicyclic) bond motifs is 1. The van der Waals surface area contributed by atoms with E-state index in [2.05, 4.69) is 15.5 Å². The molecule has 0 unspecified atom stereocenters. The Balaban J connectivity index is 1.29. The van der Waals surface area contributed by atoms with Crippen LogP contribution in [0, 0.1) is 13.8 Å². The summed E-state index contributed by atoms with van der Waals surface area (Å²) in [6, 6.07) is 10.9. The smallest absolute Gasteiger partial charge is 0.251 e. The summed E-state index contributed by atoms with van der Waals surface area (Å²) in [5, 5.41) is 6.86. The van der Waals surface area contributed by atoms with Crippen molar-refractivity contribution < 1.29 is 18.8 Å². The molecule has 8 heteroatoms. The van der Waals surface area contributed by atoms with Crippen molar-refractivity contribution in [2.24, 2.45) is 0 Å². The fraction of sp³-hybridized carbons (Fsp3) is 0.292. The molecule has 0 aliphatic heterocycles. The summed E-state index contributed by atoms with van der Waals surface area (Å²) < 4.78 is 18.5. The first-order valence-electron chi connectivity index (χ1n) is 10.6. The van der Waals surface area contributed by atoms with Gasteiger partial charge >= 0.3 is 0 Å². The lowest BCUT2D eigenvalue weighted by Gasteiger charge is -2.08. The van der Waals surface area contributed by atoms with Gasteiger partial charge in [-0.3, -0.25) is 4.79 Å². The summed E-state index contributed by atoms with van der Waals surface area (Å²) in [5.41, 5.74) is 4.00. The average Bonchev–Trinajstić information content (AvgIpc) is 3.36. The van der Waals surface area contributed by atoms with Crippen molar-refractivity contribution in [1.29, 1.82) is 0 Å². The highest BCUT2D eigenvalue weighted by Gasteiger charge is 2.11. The molecule has 0 bridgehead atoms. The SMILES string of the molecule is CCOc1cccn2cc(CCNC(=O)c3ccc(OCc4c(C)noc4C)cc3)nc12. The van der Waals surface area contributed by atoms with E-state index in [1.54, 1.807) is 24.3 Å². The molecule has 4 aromatic rings. The second-order valence-corrected chi connectivity index (χ2v) is 7.39. The van der Waals surface area contributed by atoms with Crippen molar-refractivity contribution >= 4 is 11.6 Å². The summed E-state index contributed by atoms with van der Waals surface area (Å²) in [6.07, 6.45) is 4.51. The van der Waals surface area contributed by atoms with Crippen LogP contribution in [0.4, 0.5) is 0 Å². The van der Waals surface area contributed by atoms with Crippen molar-refractivity contribution in [2.45, 2.75) is 33.8 Å². The second kappa shape index (κ2) is 9.55. The molecule has 0 aliphatic rings. The van der Waals surface area contributed by atoms with Crippen LogP contribution in [-0.2, 0) is 13.0 Å². The molecule has 0 radical (unpaired) electrons. The predicted octanol–water partition coefficient (Wildman–Crippen LogP) is 3.89. The zero-order valence-electron chi connectivity index (χ0n) is 18.4. The number of nitrogens with one attached hydrogen (secondary N) is 1. The molecule has 0 fully saturated rings. The Labute approximate surface area is 186 Å². The molecule has 3 heterocycles. The van der Waals surface area contributed by atoms with Gasteiger partial charge in [0, 0.05) is 30.9 Å². The van der Waals surface area contributed by atoms with Crippen molar-refractivity contribution in [3.8, 4) is 11.5 Å². The monoisotopic (exact) mass is 434 g/mol. The van der Waals surface area contributed by atoms with E-state index in [1.165, 1.54) is 0 Å². The number of carbonyl (C=O) groups excluding carboxylic acids is 1. The van der Waals surface area contributed by atoms with Gasteiger partial charge in [-0.1, -0.05) is 5.16 Å². The van der Waals surface area contributed by atoms with Crippen LogP contribution < -0.4 is 14.8 Å². The summed E-state index contributed by atoms with van der Waals surface area (Å²) in [4.78, 5) is 17.1.